The maximum absolute atomic E-state index is 13.5. The lowest BCUT2D eigenvalue weighted by Gasteiger charge is -2.24. The normalized spacial score (nSPS) is 18.9. The summed E-state index contributed by atoms with van der Waals surface area (Å²) < 4.78 is 0. The lowest BCUT2D eigenvalue weighted by molar-refractivity contribution is 0.0838. The van der Waals surface area contributed by atoms with Gasteiger partial charge >= 0.3 is 0 Å². The van der Waals surface area contributed by atoms with Crippen molar-refractivity contribution in [3.63, 3.8) is 0 Å². The third kappa shape index (κ3) is 6.65. The van der Waals surface area contributed by atoms with Gasteiger partial charge in [0.1, 0.15) is 0 Å². The van der Waals surface area contributed by atoms with Crippen molar-refractivity contribution in [2.75, 3.05) is 7.05 Å². The predicted molar refractivity (Wildman–Crippen MR) is 164 cm³/mol. The van der Waals surface area contributed by atoms with Crippen molar-refractivity contribution in [2.45, 2.75) is 71.1 Å². The van der Waals surface area contributed by atoms with Crippen LogP contribution in [0.2, 0.25) is 0 Å². The molecule has 0 saturated carbocycles. The van der Waals surface area contributed by atoms with Crippen molar-refractivity contribution in [3.05, 3.63) is 124 Å². The molecule has 0 spiro atoms. The third-order valence-corrected chi connectivity index (χ3v) is 8.13. The van der Waals surface area contributed by atoms with Gasteiger partial charge < -0.3 is 4.90 Å². The molecule has 0 N–H and O–H groups in total. The van der Waals surface area contributed by atoms with Gasteiger partial charge in [0.2, 0.25) is 0 Å². The van der Waals surface area contributed by atoms with Crippen LogP contribution in [-0.2, 0) is 12.8 Å². The first-order valence-electron chi connectivity index (χ1n) is 14.5. The fourth-order valence-corrected chi connectivity index (χ4v) is 5.75. The Kier molecular flexibility index (Phi) is 8.88. The molecular formula is C36H40N2O. The fourth-order valence-electron chi connectivity index (χ4n) is 5.75. The molecule has 200 valence electrons. The molecule has 2 aromatic carbocycles. The quantitative estimate of drug-likeness (QED) is 0.400. The molecule has 3 nitrogen and oxygen atoms in total. The molecule has 0 atom stereocenters. The Morgan fingerprint density at radius 1 is 0.974 bits per heavy atom. The summed E-state index contributed by atoms with van der Waals surface area (Å²) in [5.74, 6) is 0.0120. The van der Waals surface area contributed by atoms with E-state index in [-0.39, 0.29) is 5.91 Å². The van der Waals surface area contributed by atoms with Crippen molar-refractivity contribution >= 4 is 17.2 Å². The maximum atomic E-state index is 13.5. The van der Waals surface area contributed by atoms with Gasteiger partial charge in [0.25, 0.3) is 5.91 Å². The Bertz CT molecular complexity index is 1400. The number of likely N-dealkylation sites (N-methyl/N-ethyl adjacent to an activating group) is 1. The highest BCUT2D eigenvalue weighted by Crippen LogP contribution is 2.29. The first-order valence-corrected chi connectivity index (χ1v) is 14.5. The van der Waals surface area contributed by atoms with E-state index in [0.717, 1.165) is 53.8 Å². The first-order chi connectivity index (χ1) is 19.1. The van der Waals surface area contributed by atoms with E-state index in [1.807, 2.05) is 37.5 Å². The molecule has 3 heteroatoms. The number of carbonyl (C=O) groups is 1. The number of hydrogen-bond donors (Lipinski definition) is 0. The number of rotatable bonds is 4. The smallest absolute Gasteiger partial charge is 0.258 e. The zero-order chi connectivity index (χ0) is 27.0. The molecule has 2 heterocycles. The van der Waals surface area contributed by atoms with E-state index >= 15 is 0 Å². The molecule has 1 amide bonds. The highest BCUT2D eigenvalue weighted by atomic mass is 16.2. The Hall–Kier alpha value is -3.72. The summed E-state index contributed by atoms with van der Waals surface area (Å²) in [5.41, 5.74) is 10.3. The van der Waals surface area contributed by atoms with Gasteiger partial charge in [-0.2, -0.15) is 0 Å². The Labute approximate surface area is 234 Å². The molecule has 2 aromatic rings. The average Bonchev–Trinajstić information content (AvgIpc) is 2.97. The van der Waals surface area contributed by atoms with E-state index in [0.29, 0.717) is 0 Å². The number of amides is 1. The molecule has 0 saturated heterocycles. The Morgan fingerprint density at radius 3 is 2.77 bits per heavy atom. The summed E-state index contributed by atoms with van der Waals surface area (Å²) in [6, 6.07) is 16.9. The van der Waals surface area contributed by atoms with Gasteiger partial charge in [-0.1, -0.05) is 85.2 Å². The van der Waals surface area contributed by atoms with Crippen LogP contribution in [0.15, 0.2) is 107 Å². The average molecular weight is 517 g/mol. The topological polar surface area (TPSA) is 32.7 Å². The zero-order valence-corrected chi connectivity index (χ0v) is 23.5. The van der Waals surface area contributed by atoms with Crippen molar-refractivity contribution in [2.24, 2.45) is 4.99 Å². The van der Waals surface area contributed by atoms with Gasteiger partial charge in [0, 0.05) is 18.3 Å². The standard InChI is InChI=1S/C36H40N2O/c1-27-23-24-32(20-11-14-28-13-10-19-31(25-28)29-15-6-4-3-5-7-16-29)37-26-35-33(27)22-12-18-30-17-8-9-21-34(30)36(39)38(35)2/h8-13,15,17,19-22,25-26H,3-7,14,16,18,23-24H2,1-2H3. The Balaban J connectivity index is 1.35. The lowest BCUT2D eigenvalue weighted by Crippen LogP contribution is -2.28. The highest BCUT2D eigenvalue weighted by Gasteiger charge is 2.23. The predicted octanol–water partition coefficient (Wildman–Crippen LogP) is 8.80. The van der Waals surface area contributed by atoms with E-state index in [1.54, 1.807) is 4.90 Å². The first kappa shape index (κ1) is 26.9. The highest BCUT2D eigenvalue weighted by molar-refractivity contribution is 5.98. The van der Waals surface area contributed by atoms with Gasteiger partial charge in [-0.15, -0.1) is 0 Å². The van der Waals surface area contributed by atoms with Crippen LogP contribution < -0.4 is 0 Å². The van der Waals surface area contributed by atoms with Gasteiger partial charge in [-0.05, 0) is 98.3 Å². The summed E-state index contributed by atoms with van der Waals surface area (Å²) in [4.78, 5) is 20.1. The summed E-state index contributed by atoms with van der Waals surface area (Å²) >= 11 is 0. The fraction of sp³-hybridized carbons (Fsp3) is 0.333. The molecular weight excluding hydrogens is 476 g/mol. The van der Waals surface area contributed by atoms with E-state index in [9.17, 15) is 4.79 Å². The second-order valence-corrected chi connectivity index (χ2v) is 10.9. The number of carbonyl (C=O) groups excluding carboxylic acids is 1. The van der Waals surface area contributed by atoms with E-state index < -0.39 is 0 Å². The van der Waals surface area contributed by atoms with Crippen LogP contribution in [0.5, 0.6) is 0 Å². The lowest BCUT2D eigenvalue weighted by atomic mass is 9.93. The van der Waals surface area contributed by atoms with E-state index in [4.69, 9.17) is 4.99 Å². The molecule has 39 heavy (non-hydrogen) atoms. The summed E-state index contributed by atoms with van der Waals surface area (Å²) in [7, 11) is 1.86. The zero-order valence-electron chi connectivity index (χ0n) is 23.5. The number of allylic oxidation sites excluding steroid dienone is 7. The molecule has 1 aliphatic carbocycles. The summed E-state index contributed by atoms with van der Waals surface area (Å²) in [6.45, 7) is 2.18. The van der Waals surface area contributed by atoms with Crippen LogP contribution in [0.4, 0.5) is 0 Å². The third-order valence-electron chi connectivity index (χ3n) is 8.13. The number of hydrogen-bond acceptors (Lipinski definition) is 2. The molecule has 0 unspecified atom stereocenters. The molecule has 2 aliphatic heterocycles. The van der Waals surface area contributed by atoms with Crippen molar-refractivity contribution in [1.29, 1.82) is 0 Å². The van der Waals surface area contributed by atoms with E-state index in [1.165, 1.54) is 60.8 Å². The molecule has 5 rings (SSSR count). The number of aliphatic imine (C=N–C) groups is 1. The summed E-state index contributed by atoms with van der Waals surface area (Å²) in [6.07, 6.45) is 24.2. The van der Waals surface area contributed by atoms with Crippen LogP contribution in [0.25, 0.3) is 5.57 Å². The SMILES string of the molecule is CC1=C2C=CCc3ccccc3C(=O)N(C)C2=CN=C(C=CCc2cccc(C3=CCCCCCC3)c2)CC1. The van der Waals surface area contributed by atoms with Crippen LogP contribution in [0.3, 0.4) is 0 Å². The van der Waals surface area contributed by atoms with Gasteiger partial charge in [-0.25, -0.2) is 0 Å². The monoisotopic (exact) mass is 516 g/mol. The van der Waals surface area contributed by atoms with Gasteiger partial charge in [-0.3, -0.25) is 9.79 Å². The van der Waals surface area contributed by atoms with Crippen LogP contribution in [0.1, 0.15) is 85.3 Å². The summed E-state index contributed by atoms with van der Waals surface area (Å²) in [5, 5.41) is 0. The molecule has 0 radical (unpaired) electrons. The number of fused-ring (bicyclic) bond motifs is 2. The van der Waals surface area contributed by atoms with Crippen molar-refractivity contribution in [1.82, 2.24) is 4.90 Å². The second-order valence-electron chi connectivity index (χ2n) is 10.9. The van der Waals surface area contributed by atoms with Crippen molar-refractivity contribution < 1.29 is 4.79 Å². The minimum atomic E-state index is 0.0120. The number of nitrogens with zero attached hydrogens (tertiary/aromatic N) is 2. The molecule has 3 aliphatic rings. The van der Waals surface area contributed by atoms with Crippen LogP contribution >= 0.6 is 0 Å². The van der Waals surface area contributed by atoms with Crippen LogP contribution in [-0.4, -0.2) is 23.6 Å². The molecule has 0 bridgehead atoms. The van der Waals surface area contributed by atoms with Crippen LogP contribution in [0, 0.1) is 0 Å². The minimum Gasteiger partial charge on any atom is -0.309 e. The maximum Gasteiger partial charge on any atom is 0.258 e. The second kappa shape index (κ2) is 12.9. The molecule has 0 fully saturated rings. The van der Waals surface area contributed by atoms with Gasteiger partial charge in [0.05, 0.1) is 11.9 Å². The van der Waals surface area contributed by atoms with Gasteiger partial charge in [0.15, 0.2) is 0 Å². The Morgan fingerprint density at radius 2 is 1.85 bits per heavy atom. The minimum absolute atomic E-state index is 0.0120. The largest absolute Gasteiger partial charge is 0.309 e. The molecule has 0 aromatic heterocycles. The van der Waals surface area contributed by atoms with Crippen molar-refractivity contribution in [3.8, 4) is 0 Å². The van der Waals surface area contributed by atoms with E-state index in [2.05, 4.69) is 61.6 Å². The number of benzene rings is 2.